The molecule has 2 aromatic rings. The Morgan fingerprint density at radius 1 is 1.35 bits per heavy atom. The van der Waals surface area contributed by atoms with E-state index < -0.39 is 0 Å². The number of hydrogen-bond donors (Lipinski definition) is 1. The molecule has 0 saturated heterocycles. The number of rotatable bonds is 4. The molecule has 0 bridgehead atoms. The Balaban J connectivity index is 2.02. The Morgan fingerprint density at radius 3 is 2.70 bits per heavy atom. The molecule has 1 atom stereocenters. The van der Waals surface area contributed by atoms with Crippen LogP contribution in [0.25, 0.3) is 0 Å². The van der Waals surface area contributed by atoms with Gasteiger partial charge in [-0.3, -0.25) is 0 Å². The Bertz CT molecular complexity index is 570. The Labute approximate surface area is 124 Å². The summed E-state index contributed by atoms with van der Waals surface area (Å²) in [7, 11) is 0. The van der Waals surface area contributed by atoms with Crippen LogP contribution < -0.4 is 10.5 Å². The van der Waals surface area contributed by atoms with Gasteiger partial charge in [0.2, 0.25) is 0 Å². The molecule has 0 aliphatic rings. The highest BCUT2D eigenvalue weighted by Gasteiger charge is 2.17. The van der Waals surface area contributed by atoms with E-state index >= 15 is 0 Å². The van der Waals surface area contributed by atoms with Crippen molar-refractivity contribution < 1.29 is 4.74 Å². The van der Waals surface area contributed by atoms with Crippen LogP contribution in [0.2, 0.25) is 0 Å². The predicted molar refractivity (Wildman–Crippen MR) is 84.2 cm³/mol. The lowest BCUT2D eigenvalue weighted by atomic mass is 9.93. The van der Waals surface area contributed by atoms with E-state index in [0.29, 0.717) is 6.61 Å². The Hall–Kier alpha value is -1.39. The average Bonchev–Trinajstić information content (AvgIpc) is 2.85. The maximum atomic E-state index is 5.88. The third-order valence-electron chi connectivity index (χ3n) is 3.07. The van der Waals surface area contributed by atoms with Gasteiger partial charge in [0.05, 0.1) is 5.69 Å². The number of hydrogen-bond acceptors (Lipinski definition) is 4. The van der Waals surface area contributed by atoms with Gasteiger partial charge < -0.3 is 10.5 Å². The minimum Gasteiger partial charge on any atom is -0.486 e. The zero-order valence-corrected chi connectivity index (χ0v) is 13.3. The van der Waals surface area contributed by atoms with E-state index in [0.717, 1.165) is 22.0 Å². The molecule has 20 heavy (non-hydrogen) atoms. The lowest BCUT2D eigenvalue weighted by Crippen LogP contribution is -2.11. The molecule has 3 nitrogen and oxygen atoms in total. The first-order valence-electron chi connectivity index (χ1n) is 6.79. The summed E-state index contributed by atoms with van der Waals surface area (Å²) in [6.07, 6.45) is 0. The van der Waals surface area contributed by atoms with Crippen molar-refractivity contribution in [3.8, 4) is 5.75 Å². The standard InChI is InChI=1S/C16H22N2OS/c1-11(17)12-6-5-7-13(8-12)19-9-15-18-14(10-20-15)16(2,3)4/h5-8,10-11H,9,17H2,1-4H3/t11-/m0/s1. The van der Waals surface area contributed by atoms with Crippen LogP contribution in [0, 0.1) is 0 Å². The summed E-state index contributed by atoms with van der Waals surface area (Å²) >= 11 is 1.65. The molecule has 4 heteroatoms. The van der Waals surface area contributed by atoms with Gasteiger partial charge >= 0.3 is 0 Å². The molecule has 0 saturated carbocycles. The summed E-state index contributed by atoms with van der Waals surface area (Å²) in [4.78, 5) is 4.62. The highest BCUT2D eigenvalue weighted by atomic mass is 32.1. The molecule has 0 radical (unpaired) electrons. The van der Waals surface area contributed by atoms with Crippen molar-refractivity contribution in [2.24, 2.45) is 5.73 Å². The maximum Gasteiger partial charge on any atom is 0.140 e. The van der Waals surface area contributed by atoms with E-state index in [9.17, 15) is 0 Å². The topological polar surface area (TPSA) is 48.1 Å². The van der Waals surface area contributed by atoms with Gasteiger partial charge in [0.15, 0.2) is 0 Å². The third-order valence-corrected chi connectivity index (χ3v) is 3.89. The maximum absolute atomic E-state index is 5.88. The molecule has 1 aromatic carbocycles. The molecule has 2 rings (SSSR count). The molecule has 0 unspecified atom stereocenters. The van der Waals surface area contributed by atoms with E-state index in [2.05, 4.69) is 31.1 Å². The second kappa shape index (κ2) is 5.94. The van der Waals surface area contributed by atoms with Crippen LogP contribution in [0.15, 0.2) is 29.6 Å². The van der Waals surface area contributed by atoms with Gasteiger partial charge in [-0.25, -0.2) is 4.98 Å². The first-order valence-corrected chi connectivity index (χ1v) is 7.67. The highest BCUT2D eigenvalue weighted by molar-refractivity contribution is 7.09. The SMILES string of the molecule is C[C@H](N)c1cccc(OCc2nc(C(C)(C)C)cs2)c1. The summed E-state index contributed by atoms with van der Waals surface area (Å²) < 4.78 is 5.80. The normalized spacial score (nSPS) is 13.2. The molecular formula is C16H22N2OS. The summed E-state index contributed by atoms with van der Waals surface area (Å²) in [6, 6.07) is 7.94. The van der Waals surface area contributed by atoms with E-state index in [1.807, 2.05) is 31.2 Å². The third kappa shape index (κ3) is 3.81. The van der Waals surface area contributed by atoms with Crippen molar-refractivity contribution >= 4 is 11.3 Å². The van der Waals surface area contributed by atoms with Gasteiger partial charge in [0, 0.05) is 16.8 Å². The number of thiazole rings is 1. The Morgan fingerprint density at radius 2 is 2.10 bits per heavy atom. The largest absolute Gasteiger partial charge is 0.486 e. The van der Waals surface area contributed by atoms with Crippen LogP contribution in [0.3, 0.4) is 0 Å². The average molecular weight is 290 g/mol. The molecule has 1 heterocycles. The monoisotopic (exact) mass is 290 g/mol. The zero-order valence-electron chi connectivity index (χ0n) is 12.5. The van der Waals surface area contributed by atoms with Crippen LogP contribution in [-0.2, 0) is 12.0 Å². The lowest BCUT2D eigenvalue weighted by molar-refractivity contribution is 0.304. The van der Waals surface area contributed by atoms with Gasteiger partial charge in [-0.05, 0) is 24.6 Å². The fourth-order valence-electron chi connectivity index (χ4n) is 1.75. The molecule has 0 aliphatic carbocycles. The molecule has 108 valence electrons. The zero-order chi connectivity index (χ0) is 14.8. The first-order chi connectivity index (χ1) is 9.36. The molecule has 0 fully saturated rings. The first kappa shape index (κ1) is 15.0. The van der Waals surface area contributed by atoms with Crippen LogP contribution in [-0.4, -0.2) is 4.98 Å². The molecule has 0 amide bonds. The van der Waals surface area contributed by atoms with Gasteiger partial charge in [-0.1, -0.05) is 32.9 Å². The van der Waals surface area contributed by atoms with Gasteiger partial charge in [0.1, 0.15) is 17.4 Å². The lowest BCUT2D eigenvalue weighted by Gasteiger charge is -2.14. The number of benzene rings is 1. The predicted octanol–water partition coefficient (Wildman–Crippen LogP) is 4.04. The van der Waals surface area contributed by atoms with Crippen LogP contribution >= 0.6 is 11.3 Å². The quantitative estimate of drug-likeness (QED) is 0.924. The van der Waals surface area contributed by atoms with E-state index in [-0.39, 0.29) is 11.5 Å². The molecular weight excluding hydrogens is 268 g/mol. The second-order valence-corrected chi connectivity index (χ2v) is 6.97. The van der Waals surface area contributed by atoms with Crippen molar-refractivity contribution in [2.45, 2.75) is 45.8 Å². The summed E-state index contributed by atoms with van der Waals surface area (Å²) in [5, 5.41) is 3.11. The van der Waals surface area contributed by atoms with Crippen molar-refractivity contribution in [3.05, 3.63) is 45.9 Å². The summed E-state index contributed by atoms with van der Waals surface area (Å²) in [5.74, 6) is 0.840. The van der Waals surface area contributed by atoms with E-state index in [1.165, 1.54) is 0 Å². The second-order valence-electron chi connectivity index (χ2n) is 6.03. The fraction of sp³-hybridized carbons (Fsp3) is 0.438. The molecule has 0 spiro atoms. The van der Waals surface area contributed by atoms with Crippen LogP contribution in [0.1, 0.15) is 50.0 Å². The van der Waals surface area contributed by atoms with Crippen molar-refractivity contribution in [3.63, 3.8) is 0 Å². The van der Waals surface area contributed by atoms with Crippen molar-refractivity contribution in [1.29, 1.82) is 0 Å². The number of nitrogens with two attached hydrogens (primary N) is 1. The smallest absolute Gasteiger partial charge is 0.140 e. The summed E-state index contributed by atoms with van der Waals surface area (Å²) in [5.41, 5.74) is 8.16. The van der Waals surface area contributed by atoms with Gasteiger partial charge in [-0.2, -0.15) is 0 Å². The number of nitrogens with zero attached hydrogens (tertiary/aromatic N) is 1. The number of ether oxygens (including phenoxy) is 1. The summed E-state index contributed by atoms with van der Waals surface area (Å²) in [6.45, 7) is 8.97. The van der Waals surface area contributed by atoms with Crippen LogP contribution in [0.4, 0.5) is 0 Å². The van der Waals surface area contributed by atoms with Gasteiger partial charge in [-0.15, -0.1) is 11.3 Å². The Kier molecular flexibility index (Phi) is 4.45. The van der Waals surface area contributed by atoms with Crippen molar-refractivity contribution in [2.75, 3.05) is 0 Å². The van der Waals surface area contributed by atoms with E-state index in [4.69, 9.17) is 10.5 Å². The van der Waals surface area contributed by atoms with Gasteiger partial charge in [0.25, 0.3) is 0 Å². The number of aromatic nitrogens is 1. The van der Waals surface area contributed by atoms with Crippen molar-refractivity contribution in [1.82, 2.24) is 4.98 Å². The highest BCUT2D eigenvalue weighted by Crippen LogP contribution is 2.25. The minimum atomic E-state index is 0.0194. The molecule has 0 aliphatic heterocycles. The molecule has 2 N–H and O–H groups in total. The fourth-order valence-corrected chi connectivity index (χ4v) is 2.69. The molecule has 1 aromatic heterocycles. The van der Waals surface area contributed by atoms with E-state index in [1.54, 1.807) is 11.3 Å². The minimum absolute atomic E-state index is 0.0194. The van der Waals surface area contributed by atoms with Crippen LogP contribution in [0.5, 0.6) is 5.75 Å².